The van der Waals surface area contributed by atoms with Crippen molar-refractivity contribution in [2.24, 2.45) is 5.92 Å². The predicted octanol–water partition coefficient (Wildman–Crippen LogP) is 2.29. The molecule has 4 aromatic rings. The van der Waals surface area contributed by atoms with Gasteiger partial charge in [-0.25, -0.2) is 23.1 Å². The van der Waals surface area contributed by atoms with Crippen LogP contribution in [0, 0.1) is 23.4 Å². The molecule has 3 saturated heterocycles. The van der Waals surface area contributed by atoms with E-state index in [-0.39, 0.29) is 58.3 Å². The minimum absolute atomic E-state index is 0.00546. The highest BCUT2D eigenvalue weighted by atomic mass is 19.2. The third-order valence-corrected chi connectivity index (χ3v) is 9.64. The Labute approximate surface area is 280 Å². The number of ether oxygens (including phenoxy) is 2. The largest absolute Gasteiger partial charge is 0.492 e. The third-order valence-electron chi connectivity index (χ3n) is 9.64. The van der Waals surface area contributed by atoms with E-state index in [2.05, 4.69) is 14.6 Å². The Bertz CT molecular complexity index is 1970. The summed E-state index contributed by atoms with van der Waals surface area (Å²) in [5, 5.41) is 39.8. The maximum absolute atomic E-state index is 17.0. The van der Waals surface area contributed by atoms with Crippen molar-refractivity contribution in [1.82, 2.24) is 19.9 Å². The highest BCUT2D eigenvalue weighted by Gasteiger charge is 2.53. The van der Waals surface area contributed by atoms with E-state index in [0.717, 1.165) is 18.9 Å². The SMILES string of the molecule is Nc1cc(-c2ncc3c(N4CCOCC5CC54)nc(C45CCCN4CC(F)C5)nc3c2F)c2c(OC(O)(O)F)c(F)c(F)cc2c1.OC(O)O. The molecule has 13 nitrogen and oxygen atoms in total. The number of alkyl halides is 2. The smallest absolute Gasteiger partial charge is 0.409 e. The fourth-order valence-electron chi connectivity index (χ4n) is 7.61. The van der Waals surface area contributed by atoms with Gasteiger partial charge in [-0.1, -0.05) is 0 Å². The number of nitrogens with two attached hydrogens (primary N) is 1. The Balaban J connectivity index is 0.000000932. The molecule has 2 aromatic heterocycles. The normalized spacial score (nSPS) is 25.0. The Kier molecular flexibility index (Phi) is 8.69. The lowest BCUT2D eigenvalue weighted by Gasteiger charge is -2.32. The number of halogens is 5. The van der Waals surface area contributed by atoms with Gasteiger partial charge in [-0.05, 0) is 49.4 Å². The number of aromatic nitrogens is 3. The molecule has 0 bridgehead atoms. The average Bonchev–Trinajstić information content (AvgIpc) is 3.62. The van der Waals surface area contributed by atoms with Gasteiger partial charge < -0.3 is 45.6 Å². The highest BCUT2D eigenvalue weighted by Crippen LogP contribution is 2.49. The summed E-state index contributed by atoms with van der Waals surface area (Å²) < 4.78 is 85.4. The van der Waals surface area contributed by atoms with Crippen LogP contribution in [0.15, 0.2) is 24.4 Å². The number of nitrogen functional groups attached to an aromatic ring is 1. The van der Waals surface area contributed by atoms with E-state index < -0.39 is 58.7 Å². The molecule has 5 heterocycles. The van der Waals surface area contributed by atoms with Gasteiger partial charge in [0.05, 0.1) is 24.1 Å². The maximum atomic E-state index is 17.0. The minimum Gasteiger partial charge on any atom is -0.409 e. The van der Waals surface area contributed by atoms with Gasteiger partial charge >= 0.3 is 6.23 Å². The van der Waals surface area contributed by atoms with Crippen molar-refractivity contribution in [3.8, 4) is 17.0 Å². The summed E-state index contributed by atoms with van der Waals surface area (Å²) in [6, 6.07) is 3.25. The van der Waals surface area contributed by atoms with Crippen LogP contribution < -0.4 is 15.4 Å². The van der Waals surface area contributed by atoms with Gasteiger partial charge in [0.2, 0.25) is 5.82 Å². The molecule has 1 aliphatic carbocycles. The summed E-state index contributed by atoms with van der Waals surface area (Å²) in [4.78, 5) is 18.1. The van der Waals surface area contributed by atoms with Crippen LogP contribution in [0.5, 0.6) is 5.75 Å². The molecule has 0 radical (unpaired) electrons. The number of anilines is 2. The molecule has 1 saturated carbocycles. The van der Waals surface area contributed by atoms with Crippen LogP contribution in [0.4, 0.5) is 33.5 Å². The fourth-order valence-corrected chi connectivity index (χ4v) is 7.61. The number of pyridine rings is 1. The summed E-state index contributed by atoms with van der Waals surface area (Å²) in [5.41, 5.74) is 4.42. The lowest BCUT2D eigenvalue weighted by Crippen LogP contribution is -2.38. The van der Waals surface area contributed by atoms with Gasteiger partial charge in [0.25, 0.3) is 6.48 Å². The van der Waals surface area contributed by atoms with Gasteiger partial charge in [-0.3, -0.25) is 9.88 Å². The number of aliphatic hydroxyl groups excluding tert-OH is 1. The summed E-state index contributed by atoms with van der Waals surface area (Å²) in [6.45, 7) is 0.209. The van der Waals surface area contributed by atoms with Crippen molar-refractivity contribution in [2.75, 3.05) is 43.5 Å². The zero-order chi connectivity index (χ0) is 35.7. The van der Waals surface area contributed by atoms with E-state index in [4.69, 9.17) is 35.8 Å². The number of nitrogens with zero attached hydrogens (tertiary/aromatic N) is 5. The predicted molar refractivity (Wildman–Crippen MR) is 166 cm³/mol. The van der Waals surface area contributed by atoms with Gasteiger partial charge in [0, 0.05) is 54.3 Å². The van der Waals surface area contributed by atoms with Crippen LogP contribution in [-0.2, 0) is 10.3 Å². The van der Waals surface area contributed by atoms with E-state index in [0.29, 0.717) is 38.5 Å². The number of aliphatic hydroxyl groups is 5. The van der Waals surface area contributed by atoms with Crippen LogP contribution in [0.25, 0.3) is 32.9 Å². The first-order chi connectivity index (χ1) is 23.7. The van der Waals surface area contributed by atoms with Crippen LogP contribution >= 0.6 is 0 Å². The lowest BCUT2D eigenvalue weighted by molar-refractivity contribution is -0.375. The number of rotatable bonds is 5. The average molecular weight is 709 g/mol. The van der Waals surface area contributed by atoms with Gasteiger partial charge in [-0.15, -0.1) is 4.39 Å². The van der Waals surface area contributed by atoms with Gasteiger partial charge in [-0.2, -0.15) is 4.39 Å². The van der Waals surface area contributed by atoms with E-state index in [1.54, 1.807) is 0 Å². The molecule has 3 aliphatic heterocycles. The molecule has 2 aromatic carbocycles. The molecule has 8 rings (SSSR count). The van der Waals surface area contributed by atoms with Crippen LogP contribution in [-0.4, -0.2) is 103 Å². The van der Waals surface area contributed by atoms with Crippen molar-refractivity contribution in [3.63, 3.8) is 0 Å². The summed E-state index contributed by atoms with van der Waals surface area (Å²) in [5.74, 6) is -4.45. The zero-order valence-electron chi connectivity index (χ0n) is 26.2. The van der Waals surface area contributed by atoms with Crippen molar-refractivity contribution in [1.29, 1.82) is 0 Å². The monoisotopic (exact) mass is 708 g/mol. The molecule has 18 heteroatoms. The first kappa shape index (κ1) is 34.4. The molecular formula is C32H33F5N6O7. The first-order valence-electron chi connectivity index (χ1n) is 15.9. The molecule has 4 fully saturated rings. The molecule has 50 heavy (non-hydrogen) atoms. The maximum Gasteiger partial charge on any atom is 0.492 e. The highest BCUT2D eigenvalue weighted by molar-refractivity contribution is 6.04. The van der Waals surface area contributed by atoms with Crippen molar-refractivity contribution in [2.45, 2.75) is 56.1 Å². The molecule has 7 N–H and O–H groups in total. The zero-order valence-corrected chi connectivity index (χ0v) is 26.2. The standard InChI is InChI=1S/C31H29F5N6O4.CH4O3/c32-16-10-30(2-1-3-41(30)12-16)29-39-26-19(28(40-29)42-4-5-45-13-15-8-21(15)42)11-38-25(24(26)35)18-9-17(37)6-14-7-20(33)23(34)27(22(14)18)46-31(36,43)44;2-1(3)4/h6-7,9,11,15-16,21,43-44H,1-5,8,10,12-13,37H2;1-4H. The van der Waals surface area contributed by atoms with Crippen molar-refractivity contribution in [3.05, 3.63) is 47.7 Å². The fraction of sp³-hybridized carbons (Fsp3) is 0.469. The van der Waals surface area contributed by atoms with Crippen molar-refractivity contribution < 1.29 is 57.0 Å². The quantitative estimate of drug-likeness (QED) is 0.101. The van der Waals surface area contributed by atoms with Crippen LogP contribution in [0.2, 0.25) is 0 Å². The summed E-state index contributed by atoms with van der Waals surface area (Å²) in [6.07, 6.45) is -1.73. The van der Waals surface area contributed by atoms with E-state index in [9.17, 15) is 23.4 Å². The molecule has 4 unspecified atom stereocenters. The lowest BCUT2D eigenvalue weighted by atomic mass is 9.92. The third kappa shape index (κ3) is 6.14. The number of fused-ring (bicyclic) bond motifs is 4. The molecule has 0 spiro atoms. The van der Waals surface area contributed by atoms with Gasteiger partial charge in [0.1, 0.15) is 23.2 Å². The van der Waals surface area contributed by atoms with E-state index in [1.165, 1.54) is 18.3 Å². The van der Waals surface area contributed by atoms with E-state index in [1.807, 2.05) is 4.90 Å². The van der Waals surface area contributed by atoms with Crippen molar-refractivity contribution >= 4 is 33.2 Å². The van der Waals surface area contributed by atoms with Gasteiger partial charge in [0.15, 0.2) is 23.2 Å². The minimum atomic E-state index is -4.40. The summed E-state index contributed by atoms with van der Waals surface area (Å²) in [7, 11) is 0. The second-order valence-electron chi connectivity index (χ2n) is 12.9. The number of hydrogen-bond acceptors (Lipinski definition) is 13. The second-order valence-corrected chi connectivity index (χ2v) is 12.9. The van der Waals surface area contributed by atoms with E-state index >= 15 is 8.78 Å². The number of hydrogen-bond donors (Lipinski definition) is 6. The van der Waals surface area contributed by atoms with Crippen LogP contribution in [0.3, 0.4) is 0 Å². The Hall–Kier alpha value is -4.04. The molecule has 0 amide bonds. The number of benzene rings is 2. The molecular weight excluding hydrogens is 675 g/mol. The Morgan fingerprint density at radius 3 is 2.58 bits per heavy atom. The molecule has 4 atom stereocenters. The Morgan fingerprint density at radius 2 is 1.84 bits per heavy atom. The topological polar surface area (TPSA) is 191 Å². The molecule has 4 aliphatic rings. The van der Waals surface area contributed by atoms with Crippen LogP contribution in [0.1, 0.15) is 31.5 Å². The second kappa shape index (κ2) is 12.6. The first-order valence-corrected chi connectivity index (χ1v) is 15.9. The Morgan fingerprint density at radius 1 is 1.08 bits per heavy atom. The molecule has 268 valence electrons. The summed E-state index contributed by atoms with van der Waals surface area (Å²) >= 11 is 0.